The van der Waals surface area contributed by atoms with Gasteiger partial charge in [-0.15, -0.1) is 11.8 Å². The number of rotatable bonds is 5. The van der Waals surface area contributed by atoms with Crippen molar-refractivity contribution in [2.75, 3.05) is 5.75 Å². The van der Waals surface area contributed by atoms with Gasteiger partial charge in [0.25, 0.3) is 0 Å². The zero-order valence-electron chi connectivity index (χ0n) is 12.6. The van der Waals surface area contributed by atoms with Crippen molar-refractivity contribution in [2.45, 2.75) is 26.5 Å². The van der Waals surface area contributed by atoms with Crippen LogP contribution in [0.5, 0.6) is 0 Å². The highest BCUT2D eigenvalue weighted by Gasteiger charge is 2.13. The number of hydrogen-bond donors (Lipinski definition) is 0. The van der Waals surface area contributed by atoms with Gasteiger partial charge in [0.15, 0.2) is 5.78 Å². The maximum Gasteiger partial charge on any atom is 0.174 e. The third kappa shape index (κ3) is 3.15. The second-order valence-corrected chi connectivity index (χ2v) is 6.17. The van der Waals surface area contributed by atoms with Gasteiger partial charge in [-0.05, 0) is 38.0 Å². The molecule has 0 amide bonds. The molecule has 0 atom stereocenters. The highest BCUT2D eigenvalue weighted by atomic mass is 32.2. The first-order valence-electron chi connectivity index (χ1n) is 6.79. The number of hydrogen-bond acceptors (Lipinski definition) is 2. The van der Waals surface area contributed by atoms with Crippen molar-refractivity contribution in [3.63, 3.8) is 0 Å². The molecule has 0 N–H and O–H groups in total. The Kier molecular flexibility index (Phi) is 4.71. The summed E-state index contributed by atoms with van der Waals surface area (Å²) in [5.41, 5.74) is 5.66. The van der Waals surface area contributed by atoms with E-state index in [1.54, 1.807) is 11.8 Å². The maximum atomic E-state index is 12.3. The zero-order chi connectivity index (χ0) is 14.7. The monoisotopic (exact) mass is 287 g/mol. The van der Waals surface area contributed by atoms with Gasteiger partial charge >= 0.3 is 0 Å². The summed E-state index contributed by atoms with van der Waals surface area (Å²) in [6.45, 7) is 6.15. The maximum absolute atomic E-state index is 12.3. The Bertz CT molecular complexity index is 628. The predicted molar refractivity (Wildman–Crippen MR) is 86.6 cm³/mol. The van der Waals surface area contributed by atoms with E-state index in [1.165, 1.54) is 11.1 Å². The molecule has 0 fully saturated rings. The molecule has 1 aromatic carbocycles. The fourth-order valence-electron chi connectivity index (χ4n) is 2.24. The smallest absolute Gasteiger partial charge is 0.174 e. The second kappa shape index (κ2) is 6.31. The molecular formula is C17H21NOS. The molecule has 0 unspecified atom stereocenters. The molecule has 106 valence electrons. The Morgan fingerprint density at radius 3 is 2.50 bits per heavy atom. The quantitative estimate of drug-likeness (QED) is 0.773. The van der Waals surface area contributed by atoms with E-state index in [0.29, 0.717) is 5.75 Å². The van der Waals surface area contributed by atoms with E-state index in [2.05, 4.69) is 29.7 Å². The van der Waals surface area contributed by atoms with E-state index in [4.69, 9.17) is 0 Å². The van der Waals surface area contributed by atoms with Crippen molar-refractivity contribution in [3.8, 4) is 0 Å². The molecule has 0 saturated heterocycles. The van der Waals surface area contributed by atoms with Gasteiger partial charge in [0, 0.05) is 29.8 Å². The highest BCUT2D eigenvalue weighted by molar-refractivity contribution is 7.99. The van der Waals surface area contributed by atoms with Crippen LogP contribution in [0, 0.1) is 20.8 Å². The van der Waals surface area contributed by atoms with Gasteiger partial charge in [0.1, 0.15) is 0 Å². The van der Waals surface area contributed by atoms with Crippen LogP contribution in [-0.2, 0) is 12.8 Å². The highest BCUT2D eigenvalue weighted by Crippen LogP contribution is 2.19. The number of carbonyl (C=O) groups is 1. The number of aromatic nitrogens is 1. The molecule has 2 aromatic rings. The Morgan fingerprint density at radius 1 is 1.20 bits per heavy atom. The molecular weight excluding hydrogens is 266 g/mol. The van der Waals surface area contributed by atoms with Crippen LogP contribution in [-0.4, -0.2) is 16.1 Å². The lowest BCUT2D eigenvalue weighted by molar-refractivity contribution is 0.102. The summed E-state index contributed by atoms with van der Waals surface area (Å²) in [6.07, 6.45) is 0. The first-order chi connectivity index (χ1) is 9.50. The van der Waals surface area contributed by atoms with E-state index >= 15 is 0 Å². The molecule has 2 nitrogen and oxygen atoms in total. The number of benzene rings is 1. The normalized spacial score (nSPS) is 10.8. The number of ketones is 1. The molecule has 1 aromatic heterocycles. The predicted octanol–water partition coefficient (Wildman–Crippen LogP) is 4.07. The van der Waals surface area contributed by atoms with E-state index in [-0.39, 0.29) is 5.78 Å². The summed E-state index contributed by atoms with van der Waals surface area (Å²) in [4.78, 5) is 12.3. The van der Waals surface area contributed by atoms with Crippen molar-refractivity contribution in [2.24, 2.45) is 7.05 Å². The van der Waals surface area contributed by atoms with Gasteiger partial charge in [0.2, 0.25) is 0 Å². The SMILES string of the molecule is Cc1ccccc1CSCC(=O)c1cc(C)n(C)c1C. The number of nitrogens with zero attached hydrogens (tertiary/aromatic N) is 1. The minimum Gasteiger partial charge on any atom is -0.351 e. The van der Waals surface area contributed by atoms with Crippen LogP contribution in [0.15, 0.2) is 30.3 Å². The minimum absolute atomic E-state index is 0.227. The van der Waals surface area contributed by atoms with Gasteiger partial charge in [-0.1, -0.05) is 24.3 Å². The zero-order valence-corrected chi connectivity index (χ0v) is 13.4. The summed E-state index contributed by atoms with van der Waals surface area (Å²) in [6, 6.07) is 10.3. The molecule has 0 aliphatic carbocycles. The molecule has 0 aliphatic rings. The standard InChI is InChI=1S/C17H21NOS/c1-12-7-5-6-8-15(12)10-20-11-17(19)16-9-13(2)18(4)14(16)3/h5-9H,10-11H2,1-4H3. The number of carbonyl (C=O) groups excluding carboxylic acids is 1. The fourth-order valence-corrected chi connectivity index (χ4v) is 3.23. The van der Waals surface area contributed by atoms with Crippen molar-refractivity contribution >= 4 is 17.5 Å². The molecule has 0 saturated carbocycles. The van der Waals surface area contributed by atoms with Crippen LogP contribution >= 0.6 is 11.8 Å². The summed E-state index contributed by atoms with van der Waals surface area (Å²) in [7, 11) is 2.00. The van der Waals surface area contributed by atoms with Crippen molar-refractivity contribution < 1.29 is 4.79 Å². The summed E-state index contributed by atoms with van der Waals surface area (Å²) >= 11 is 1.69. The van der Waals surface area contributed by atoms with Gasteiger partial charge in [0.05, 0.1) is 5.75 Å². The largest absolute Gasteiger partial charge is 0.351 e. The molecule has 20 heavy (non-hydrogen) atoms. The van der Waals surface area contributed by atoms with E-state index in [9.17, 15) is 4.79 Å². The topological polar surface area (TPSA) is 22.0 Å². The van der Waals surface area contributed by atoms with Crippen LogP contribution in [0.4, 0.5) is 0 Å². The number of aryl methyl sites for hydroxylation is 2. The molecule has 0 spiro atoms. The number of Topliss-reactive ketones (excluding diaryl/α,β-unsaturated/α-hetero) is 1. The van der Waals surface area contributed by atoms with Crippen LogP contribution in [0.2, 0.25) is 0 Å². The van der Waals surface area contributed by atoms with Crippen molar-refractivity contribution in [3.05, 3.63) is 58.4 Å². The van der Waals surface area contributed by atoms with Gasteiger partial charge in [-0.25, -0.2) is 0 Å². The van der Waals surface area contributed by atoms with E-state index in [1.807, 2.05) is 33.0 Å². The first-order valence-corrected chi connectivity index (χ1v) is 7.94. The lowest BCUT2D eigenvalue weighted by Gasteiger charge is -2.05. The van der Waals surface area contributed by atoms with Crippen LogP contribution in [0.3, 0.4) is 0 Å². The van der Waals surface area contributed by atoms with Crippen LogP contribution in [0.25, 0.3) is 0 Å². The fraction of sp³-hybridized carbons (Fsp3) is 0.353. The third-order valence-corrected chi connectivity index (χ3v) is 4.81. The molecule has 0 bridgehead atoms. The second-order valence-electron chi connectivity index (χ2n) is 5.19. The summed E-state index contributed by atoms with van der Waals surface area (Å²) in [5.74, 6) is 1.66. The molecule has 3 heteroatoms. The Hall–Kier alpha value is -1.48. The van der Waals surface area contributed by atoms with Crippen molar-refractivity contribution in [1.29, 1.82) is 0 Å². The van der Waals surface area contributed by atoms with Gasteiger partial charge < -0.3 is 4.57 Å². The summed E-state index contributed by atoms with van der Waals surface area (Å²) in [5, 5.41) is 0. The van der Waals surface area contributed by atoms with Gasteiger partial charge in [-0.3, -0.25) is 4.79 Å². The number of thioether (sulfide) groups is 1. The van der Waals surface area contributed by atoms with Crippen molar-refractivity contribution in [1.82, 2.24) is 4.57 Å². The summed E-state index contributed by atoms with van der Waals surface area (Å²) < 4.78 is 2.07. The van der Waals surface area contributed by atoms with E-state index < -0.39 is 0 Å². The average molecular weight is 287 g/mol. The van der Waals surface area contributed by atoms with Gasteiger partial charge in [-0.2, -0.15) is 0 Å². The Morgan fingerprint density at radius 2 is 1.90 bits per heavy atom. The molecule has 2 rings (SSSR count). The lowest BCUT2D eigenvalue weighted by atomic mass is 10.1. The van der Waals surface area contributed by atoms with Crippen LogP contribution < -0.4 is 0 Å². The average Bonchev–Trinajstić information content (AvgIpc) is 2.68. The third-order valence-electron chi connectivity index (χ3n) is 3.83. The minimum atomic E-state index is 0.227. The van der Waals surface area contributed by atoms with Crippen LogP contribution in [0.1, 0.15) is 32.9 Å². The molecule has 0 aliphatic heterocycles. The first kappa shape index (κ1) is 14.9. The Balaban J connectivity index is 1.96. The lowest BCUT2D eigenvalue weighted by Crippen LogP contribution is -2.05. The Labute approximate surface area is 125 Å². The molecule has 1 heterocycles. The van der Waals surface area contributed by atoms with E-state index in [0.717, 1.165) is 22.7 Å². The molecule has 0 radical (unpaired) electrons.